The van der Waals surface area contributed by atoms with E-state index >= 15 is 0 Å². The quantitative estimate of drug-likeness (QED) is 0.0721. The Morgan fingerprint density at radius 1 is 0.313 bits per heavy atom. The van der Waals surface area contributed by atoms with Gasteiger partial charge in [-0.25, -0.2) is 15.0 Å². The second-order valence-corrected chi connectivity index (χ2v) is 20.3. The number of nitrogens with zero attached hydrogens (tertiary/aromatic N) is 3. The molecule has 13 rings (SSSR count). The number of rotatable bonds is 6. The number of benzene rings is 10. The van der Waals surface area contributed by atoms with Crippen molar-refractivity contribution in [1.29, 1.82) is 0 Å². The summed E-state index contributed by atoms with van der Waals surface area (Å²) in [5.41, 5.74) is 11.4. The fraction of sp³-hybridized carbons (Fsp3) is 0. The van der Waals surface area contributed by atoms with Gasteiger partial charge in [0.2, 0.25) is 8.07 Å². The topological polar surface area (TPSA) is 65.0 Å². The van der Waals surface area contributed by atoms with Crippen LogP contribution in [0.5, 0.6) is 0 Å². The summed E-state index contributed by atoms with van der Waals surface area (Å²) in [7, 11) is -3.28. The van der Waals surface area contributed by atoms with E-state index in [4.69, 9.17) is 23.8 Å². The van der Waals surface area contributed by atoms with Crippen molar-refractivity contribution in [2.45, 2.75) is 0 Å². The van der Waals surface area contributed by atoms with Crippen molar-refractivity contribution in [3.05, 3.63) is 230 Å². The zero-order valence-corrected chi connectivity index (χ0v) is 37.0. The summed E-state index contributed by atoms with van der Waals surface area (Å²) < 4.78 is 12.8. The molecule has 0 amide bonds. The van der Waals surface area contributed by atoms with Crippen LogP contribution >= 0.6 is 0 Å². The van der Waals surface area contributed by atoms with Gasteiger partial charge in [0.05, 0.1) is 0 Å². The Hall–Kier alpha value is -8.89. The molecule has 5 nitrogen and oxygen atoms in total. The third-order valence-corrected chi connectivity index (χ3v) is 17.1. The van der Waals surface area contributed by atoms with Gasteiger partial charge in [-0.2, -0.15) is 0 Å². The first-order valence-corrected chi connectivity index (χ1v) is 24.4. The van der Waals surface area contributed by atoms with Crippen LogP contribution in [-0.2, 0) is 0 Å². The Bertz CT molecular complexity index is 3890. The lowest BCUT2D eigenvalue weighted by atomic mass is 9.91. The third kappa shape index (κ3) is 6.36. The van der Waals surface area contributed by atoms with Gasteiger partial charge in [0.15, 0.2) is 17.5 Å². The molecule has 3 aromatic heterocycles. The minimum Gasteiger partial charge on any atom is -0.456 e. The van der Waals surface area contributed by atoms with Crippen molar-refractivity contribution in [2.24, 2.45) is 0 Å². The van der Waals surface area contributed by atoms with E-state index in [0.29, 0.717) is 17.5 Å². The molecule has 0 aliphatic heterocycles. The van der Waals surface area contributed by atoms with E-state index < -0.39 is 8.07 Å². The zero-order valence-electron chi connectivity index (χ0n) is 36.0. The maximum absolute atomic E-state index is 6.42. The van der Waals surface area contributed by atoms with Crippen molar-refractivity contribution < 1.29 is 8.83 Å². The fourth-order valence-electron chi connectivity index (χ4n) is 9.90. The average Bonchev–Trinajstić information content (AvgIpc) is 3.97. The lowest BCUT2D eigenvalue weighted by Gasteiger charge is -2.28. The number of aromatic nitrogens is 3. The van der Waals surface area contributed by atoms with E-state index in [9.17, 15) is 0 Å². The van der Waals surface area contributed by atoms with Gasteiger partial charge in [0.25, 0.3) is 0 Å². The molecule has 0 aliphatic carbocycles. The largest absolute Gasteiger partial charge is 0.456 e. The lowest BCUT2D eigenvalue weighted by Crippen LogP contribution is -2.66. The molecule has 0 N–H and O–H groups in total. The molecule has 3 heterocycles. The molecule has 0 saturated heterocycles. The summed E-state index contributed by atoms with van der Waals surface area (Å²) in [6.45, 7) is 0. The van der Waals surface area contributed by atoms with Crippen molar-refractivity contribution in [1.82, 2.24) is 15.0 Å². The monoisotopic (exact) mass is 871 g/mol. The highest BCUT2D eigenvalue weighted by molar-refractivity contribution is 7.17. The van der Waals surface area contributed by atoms with E-state index in [-0.39, 0.29) is 0 Å². The van der Waals surface area contributed by atoms with Crippen LogP contribution in [0.4, 0.5) is 0 Å². The Balaban J connectivity index is 1.11. The molecular formula is C61H37N3O2Si. The van der Waals surface area contributed by atoms with Gasteiger partial charge in [-0.3, -0.25) is 0 Å². The van der Waals surface area contributed by atoms with Crippen LogP contribution in [0.3, 0.4) is 0 Å². The molecule has 10 aromatic carbocycles. The van der Waals surface area contributed by atoms with Gasteiger partial charge >= 0.3 is 0 Å². The van der Waals surface area contributed by atoms with Gasteiger partial charge < -0.3 is 8.83 Å². The molecule has 6 heteroatoms. The average molecular weight is 872 g/mol. The molecule has 0 fully saturated rings. The van der Waals surface area contributed by atoms with Crippen LogP contribution in [-0.4, -0.2) is 23.0 Å². The molecule has 67 heavy (non-hydrogen) atoms. The Morgan fingerprint density at radius 3 is 1.19 bits per heavy atom. The van der Waals surface area contributed by atoms with Crippen molar-refractivity contribution in [3.63, 3.8) is 0 Å². The standard InChI is InChI=1S/C61H37N3O2Si/c1-4-18-40(19-5-1)59-62-60(41-20-6-2-7-21-41)64-61(63-59)58-50-28-12-10-24-45(50)47(46-25-11-13-29-51(46)58)36-37-67(42-22-8-3-9-23-42,43-32-34-56-52(38-43)48-26-14-16-30-54(48)65-56)44-33-35-57-53(39-44)49-27-15-17-31-55(49)66-57/h1-35,38-39H. The van der Waals surface area contributed by atoms with E-state index in [0.717, 1.165) is 98.0 Å². The predicted molar refractivity (Wildman–Crippen MR) is 277 cm³/mol. The number of fused-ring (bicyclic) bond motifs is 8. The van der Waals surface area contributed by atoms with E-state index in [1.165, 1.54) is 5.19 Å². The third-order valence-electron chi connectivity index (χ3n) is 13.1. The van der Waals surface area contributed by atoms with Gasteiger partial charge in [0, 0.05) is 43.8 Å². The smallest absolute Gasteiger partial charge is 0.230 e. The number of para-hydroxylation sites is 2. The van der Waals surface area contributed by atoms with Crippen LogP contribution in [0, 0.1) is 11.5 Å². The van der Waals surface area contributed by atoms with Crippen LogP contribution in [0.15, 0.2) is 233 Å². The van der Waals surface area contributed by atoms with Crippen LogP contribution < -0.4 is 15.6 Å². The highest BCUT2D eigenvalue weighted by Crippen LogP contribution is 2.39. The Kier molecular flexibility index (Phi) is 9.02. The van der Waals surface area contributed by atoms with Crippen LogP contribution in [0.1, 0.15) is 5.56 Å². The summed E-state index contributed by atoms with van der Waals surface area (Å²) in [6.07, 6.45) is 0. The molecule has 13 aromatic rings. The maximum Gasteiger partial charge on any atom is 0.230 e. The number of furan rings is 2. The molecule has 0 aliphatic rings. The second-order valence-electron chi connectivity index (χ2n) is 16.9. The summed E-state index contributed by atoms with van der Waals surface area (Å²) in [5, 5.41) is 11.9. The maximum atomic E-state index is 6.42. The van der Waals surface area contributed by atoms with Crippen LogP contribution in [0.2, 0.25) is 0 Å². The number of hydrogen-bond donors (Lipinski definition) is 0. The highest BCUT2D eigenvalue weighted by atomic mass is 28.3. The molecular weight excluding hydrogens is 835 g/mol. The summed E-state index contributed by atoms with van der Waals surface area (Å²) >= 11 is 0. The van der Waals surface area contributed by atoms with Crippen molar-refractivity contribution in [3.8, 4) is 45.6 Å². The van der Waals surface area contributed by atoms with Crippen LogP contribution in [0.25, 0.3) is 99.6 Å². The summed E-state index contributed by atoms with van der Waals surface area (Å²) in [4.78, 5) is 15.5. The first-order valence-electron chi connectivity index (χ1n) is 22.4. The molecule has 0 atom stereocenters. The molecule has 312 valence electrons. The minimum atomic E-state index is -3.28. The fourth-order valence-corrected chi connectivity index (χ4v) is 13.7. The Labute approximate surface area is 386 Å². The Morgan fingerprint density at radius 2 is 0.701 bits per heavy atom. The van der Waals surface area contributed by atoms with Gasteiger partial charge in [-0.1, -0.05) is 194 Å². The minimum absolute atomic E-state index is 0.605. The summed E-state index contributed by atoms with van der Waals surface area (Å²) in [5.74, 6) is 5.83. The highest BCUT2D eigenvalue weighted by Gasteiger charge is 2.40. The molecule has 0 bridgehead atoms. The van der Waals surface area contributed by atoms with Gasteiger partial charge in [-0.15, -0.1) is 5.54 Å². The summed E-state index contributed by atoms with van der Waals surface area (Å²) in [6, 6.07) is 78.2. The second kappa shape index (κ2) is 15.7. The zero-order chi connectivity index (χ0) is 44.3. The molecule has 0 unspecified atom stereocenters. The molecule has 0 radical (unpaired) electrons. The van der Waals surface area contributed by atoms with Gasteiger partial charge in [0.1, 0.15) is 22.3 Å². The molecule has 0 saturated carbocycles. The van der Waals surface area contributed by atoms with Gasteiger partial charge in [-0.05, 0) is 73.5 Å². The molecule has 0 spiro atoms. The SMILES string of the molecule is C(#C[Si](c1ccccc1)(c1ccc2oc3ccccc3c2c1)c1ccc2oc3ccccc3c2c1)c1c2ccccc2c(-c2nc(-c3ccccc3)nc(-c3ccccc3)n2)c2ccccc12. The van der Waals surface area contributed by atoms with Crippen molar-refractivity contribution >= 4 is 89.1 Å². The van der Waals surface area contributed by atoms with Crippen molar-refractivity contribution in [2.75, 3.05) is 0 Å². The van der Waals surface area contributed by atoms with E-state index in [1.807, 2.05) is 84.9 Å². The normalized spacial score (nSPS) is 11.8. The first-order chi connectivity index (χ1) is 33.2. The predicted octanol–water partition coefficient (Wildman–Crippen LogP) is 13.0. The van der Waals surface area contributed by atoms with E-state index in [1.54, 1.807) is 0 Å². The number of hydrogen-bond acceptors (Lipinski definition) is 5. The lowest BCUT2D eigenvalue weighted by molar-refractivity contribution is 0.668. The van der Waals surface area contributed by atoms with E-state index in [2.05, 4.69) is 151 Å². The first kappa shape index (κ1) is 38.6.